The van der Waals surface area contributed by atoms with E-state index < -0.39 is 0 Å². The second-order valence-electron chi connectivity index (χ2n) is 6.80. The van der Waals surface area contributed by atoms with Crippen LogP contribution >= 0.6 is 11.3 Å². The van der Waals surface area contributed by atoms with Crippen molar-refractivity contribution in [1.29, 1.82) is 0 Å². The second-order valence-corrected chi connectivity index (χ2v) is 7.86. The summed E-state index contributed by atoms with van der Waals surface area (Å²) >= 11 is 1.83. The molecule has 2 rings (SSSR count). The van der Waals surface area contributed by atoms with E-state index in [2.05, 4.69) is 32.6 Å². The van der Waals surface area contributed by atoms with Crippen molar-refractivity contribution in [2.75, 3.05) is 11.4 Å². The minimum atomic E-state index is 0.512. The zero-order valence-corrected chi connectivity index (χ0v) is 14.9. The number of hydrogen-bond donors (Lipinski definition) is 1. The van der Waals surface area contributed by atoms with Crippen molar-refractivity contribution in [2.45, 2.75) is 78.3 Å². The van der Waals surface area contributed by atoms with Gasteiger partial charge in [0.1, 0.15) is 0 Å². The molecule has 0 spiro atoms. The summed E-state index contributed by atoms with van der Waals surface area (Å²) in [6.45, 7) is 10.8. The Labute approximate surface area is 133 Å². The molecule has 4 heteroatoms. The van der Waals surface area contributed by atoms with Crippen molar-refractivity contribution >= 4 is 16.5 Å². The van der Waals surface area contributed by atoms with E-state index >= 15 is 0 Å². The smallest absolute Gasteiger partial charge is 0.186 e. The number of thiazole rings is 1. The van der Waals surface area contributed by atoms with Gasteiger partial charge in [0, 0.05) is 24.0 Å². The van der Waals surface area contributed by atoms with E-state index in [9.17, 15) is 0 Å². The molecule has 0 bridgehead atoms. The summed E-state index contributed by atoms with van der Waals surface area (Å²) < 4.78 is 0. The molecular weight excluding hydrogens is 278 g/mol. The van der Waals surface area contributed by atoms with E-state index in [1.165, 1.54) is 41.4 Å². The summed E-state index contributed by atoms with van der Waals surface area (Å²) in [4.78, 5) is 8.87. The lowest BCUT2D eigenvalue weighted by molar-refractivity contribution is 0.534. The van der Waals surface area contributed by atoms with Crippen LogP contribution in [0, 0.1) is 5.92 Å². The molecule has 1 unspecified atom stereocenters. The van der Waals surface area contributed by atoms with Gasteiger partial charge >= 0.3 is 0 Å². The Balaban J connectivity index is 2.28. The zero-order chi connectivity index (χ0) is 15.4. The average Bonchev–Trinajstić information content (AvgIpc) is 3.12. The minimum absolute atomic E-state index is 0.512. The van der Waals surface area contributed by atoms with Crippen molar-refractivity contribution in [3.63, 3.8) is 0 Å². The van der Waals surface area contributed by atoms with Gasteiger partial charge in [0.15, 0.2) is 5.13 Å². The van der Waals surface area contributed by atoms with Crippen molar-refractivity contribution < 1.29 is 0 Å². The standard InChI is InChI=1S/C17H31N3S/c1-5-13(4)16-15(10-18)21-17(19-16)20(11-12(2)3)14-8-6-7-9-14/h12-14H,5-11,18H2,1-4H3. The normalized spacial score (nSPS) is 17.6. The molecule has 0 radical (unpaired) electrons. The van der Waals surface area contributed by atoms with Gasteiger partial charge in [0.2, 0.25) is 0 Å². The highest BCUT2D eigenvalue weighted by Gasteiger charge is 2.27. The number of nitrogens with two attached hydrogens (primary N) is 1. The summed E-state index contributed by atoms with van der Waals surface area (Å²) in [5.41, 5.74) is 7.21. The molecule has 1 aliphatic carbocycles. The van der Waals surface area contributed by atoms with Gasteiger partial charge in [-0.3, -0.25) is 0 Å². The lowest BCUT2D eigenvalue weighted by Gasteiger charge is -2.30. The molecule has 0 saturated heterocycles. The van der Waals surface area contributed by atoms with Crippen LogP contribution in [0.3, 0.4) is 0 Å². The summed E-state index contributed by atoms with van der Waals surface area (Å²) in [7, 11) is 0. The van der Waals surface area contributed by atoms with Gasteiger partial charge in [-0.2, -0.15) is 0 Å². The Morgan fingerprint density at radius 2 is 1.95 bits per heavy atom. The van der Waals surface area contributed by atoms with Gasteiger partial charge in [0.25, 0.3) is 0 Å². The molecule has 0 aliphatic heterocycles. The summed E-state index contributed by atoms with van der Waals surface area (Å²) in [5.74, 6) is 1.18. The first-order valence-corrected chi connectivity index (χ1v) is 9.34. The molecule has 1 aromatic heterocycles. The molecular formula is C17H31N3S. The molecule has 0 amide bonds. The van der Waals surface area contributed by atoms with Crippen LogP contribution in [0.2, 0.25) is 0 Å². The van der Waals surface area contributed by atoms with Crippen LogP contribution in [0.5, 0.6) is 0 Å². The van der Waals surface area contributed by atoms with E-state index in [4.69, 9.17) is 10.7 Å². The van der Waals surface area contributed by atoms with Crippen molar-refractivity contribution in [3.05, 3.63) is 10.6 Å². The highest BCUT2D eigenvalue weighted by atomic mass is 32.1. The van der Waals surface area contributed by atoms with Crippen molar-refractivity contribution in [3.8, 4) is 0 Å². The molecule has 1 heterocycles. The molecule has 1 fully saturated rings. The SMILES string of the molecule is CCC(C)c1nc(N(CC(C)C)C2CCCC2)sc1CN. The highest BCUT2D eigenvalue weighted by molar-refractivity contribution is 7.15. The summed E-state index contributed by atoms with van der Waals surface area (Å²) in [6, 6.07) is 0.689. The van der Waals surface area contributed by atoms with Crippen LogP contribution in [0.15, 0.2) is 0 Å². The van der Waals surface area contributed by atoms with Crippen LogP contribution in [0.4, 0.5) is 5.13 Å². The number of hydrogen-bond acceptors (Lipinski definition) is 4. The van der Waals surface area contributed by atoms with Crippen LogP contribution in [0.1, 0.15) is 76.3 Å². The average molecular weight is 310 g/mol. The first-order chi connectivity index (χ1) is 10.1. The Morgan fingerprint density at radius 1 is 1.29 bits per heavy atom. The molecule has 1 aliphatic rings. The monoisotopic (exact) mass is 309 g/mol. The molecule has 1 aromatic rings. The predicted octanol–water partition coefficient (Wildman–Crippen LogP) is 4.52. The molecule has 1 saturated carbocycles. The van der Waals surface area contributed by atoms with Crippen LogP contribution in [-0.4, -0.2) is 17.6 Å². The predicted molar refractivity (Wildman–Crippen MR) is 93.2 cm³/mol. The third-order valence-electron chi connectivity index (χ3n) is 4.55. The Kier molecular flexibility index (Phi) is 6.06. The second kappa shape index (κ2) is 7.59. The first-order valence-electron chi connectivity index (χ1n) is 8.53. The fourth-order valence-electron chi connectivity index (χ4n) is 3.19. The fourth-order valence-corrected chi connectivity index (χ4v) is 4.33. The first kappa shape index (κ1) is 16.8. The van der Waals surface area contributed by atoms with E-state index in [0.29, 0.717) is 24.4 Å². The topological polar surface area (TPSA) is 42.2 Å². The lowest BCUT2D eigenvalue weighted by Crippen LogP contribution is -2.36. The van der Waals surface area contributed by atoms with E-state index in [1.807, 2.05) is 11.3 Å². The van der Waals surface area contributed by atoms with E-state index in [-0.39, 0.29) is 0 Å². The number of anilines is 1. The minimum Gasteiger partial charge on any atom is -0.345 e. The molecule has 0 aromatic carbocycles. The van der Waals surface area contributed by atoms with Gasteiger partial charge in [-0.15, -0.1) is 11.3 Å². The van der Waals surface area contributed by atoms with Crippen LogP contribution in [-0.2, 0) is 6.54 Å². The Morgan fingerprint density at radius 3 is 2.48 bits per heavy atom. The summed E-state index contributed by atoms with van der Waals surface area (Å²) in [5, 5.41) is 1.21. The third kappa shape index (κ3) is 3.98. The highest BCUT2D eigenvalue weighted by Crippen LogP contribution is 2.36. The Hall–Kier alpha value is -0.610. The van der Waals surface area contributed by atoms with Gasteiger partial charge in [-0.25, -0.2) is 4.98 Å². The largest absolute Gasteiger partial charge is 0.345 e. The van der Waals surface area contributed by atoms with E-state index in [1.54, 1.807) is 0 Å². The van der Waals surface area contributed by atoms with Crippen LogP contribution in [0.25, 0.3) is 0 Å². The molecule has 3 nitrogen and oxygen atoms in total. The fraction of sp³-hybridized carbons (Fsp3) is 0.824. The molecule has 120 valence electrons. The van der Waals surface area contributed by atoms with Gasteiger partial charge in [0.05, 0.1) is 5.69 Å². The van der Waals surface area contributed by atoms with Crippen LogP contribution < -0.4 is 10.6 Å². The molecule has 2 N–H and O–H groups in total. The van der Waals surface area contributed by atoms with Crippen molar-refractivity contribution in [1.82, 2.24) is 4.98 Å². The van der Waals surface area contributed by atoms with Gasteiger partial charge in [-0.05, 0) is 31.1 Å². The quantitative estimate of drug-likeness (QED) is 0.805. The molecule has 21 heavy (non-hydrogen) atoms. The maximum atomic E-state index is 5.96. The third-order valence-corrected chi connectivity index (χ3v) is 5.68. The number of rotatable bonds is 7. The van der Waals surface area contributed by atoms with Crippen molar-refractivity contribution in [2.24, 2.45) is 11.7 Å². The zero-order valence-electron chi connectivity index (χ0n) is 14.1. The number of aromatic nitrogens is 1. The van der Waals surface area contributed by atoms with Gasteiger partial charge < -0.3 is 10.6 Å². The Bertz CT molecular complexity index is 435. The lowest BCUT2D eigenvalue weighted by atomic mass is 10.0. The van der Waals surface area contributed by atoms with E-state index in [0.717, 1.165) is 13.0 Å². The maximum Gasteiger partial charge on any atom is 0.186 e. The number of nitrogens with zero attached hydrogens (tertiary/aromatic N) is 2. The maximum absolute atomic E-state index is 5.96. The summed E-state index contributed by atoms with van der Waals surface area (Å²) in [6.07, 6.45) is 6.51. The molecule has 1 atom stereocenters. The van der Waals surface area contributed by atoms with Gasteiger partial charge in [-0.1, -0.05) is 40.5 Å².